The molecule has 4 aliphatic carbocycles. The molecule has 4 fully saturated rings. The zero-order valence-corrected chi connectivity index (χ0v) is 21.2. The number of carbonyl (C=O) groups excluding carboxylic acids is 4. The summed E-state index contributed by atoms with van der Waals surface area (Å²) in [5, 5.41) is 22.4. The SMILES string of the molecule is C=C1C2CC(OC(C)=O)C3C4(C)C(O)CC(O)C(C)(C)C4C(=O)C(OC(C)=O)C3(C2)C1OC(C)=O. The van der Waals surface area contributed by atoms with E-state index in [9.17, 15) is 29.4 Å². The molecular formula is C26H36O9. The van der Waals surface area contributed by atoms with Crippen LogP contribution in [-0.2, 0) is 33.4 Å². The van der Waals surface area contributed by atoms with E-state index in [0.717, 1.165) is 0 Å². The van der Waals surface area contributed by atoms with Crippen molar-refractivity contribution in [3.8, 4) is 0 Å². The second kappa shape index (κ2) is 8.13. The van der Waals surface area contributed by atoms with Crippen molar-refractivity contribution in [3.05, 3.63) is 12.2 Å². The quantitative estimate of drug-likeness (QED) is 0.343. The second-order valence-electron chi connectivity index (χ2n) is 11.7. The van der Waals surface area contributed by atoms with Gasteiger partial charge in [0.05, 0.1) is 17.6 Å². The molecule has 0 aromatic heterocycles. The third-order valence-corrected chi connectivity index (χ3v) is 9.39. The molecule has 0 saturated heterocycles. The fourth-order valence-electron chi connectivity index (χ4n) is 8.34. The Labute approximate surface area is 205 Å². The van der Waals surface area contributed by atoms with Crippen LogP contribution in [0.4, 0.5) is 0 Å². The fraction of sp³-hybridized carbons (Fsp3) is 0.769. The maximum atomic E-state index is 14.3. The number of rotatable bonds is 3. The Kier molecular flexibility index (Phi) is 6.00. The zero-order chi connectivity index (χ0) is 26.2. The van der Waals surface area contributed by atoms with Crippen LogP contribution in [0.2, 0.25) is 0 Å². The molecule has 4 saturated carbocycles. The number of Topliss-reactive ketones (excluding diaryl/α,β-unsaturated/α-hetero) is 1. The van der Waals surface area contributed by atoms with Crippen LogP contribution in [0.15, 0.2) is 12.2 Å². The predicted octanol–water partition coefficient (Wildman–Crippen LogP) is 1.72. The second-order valence-corrected chi connectivity index (χ2v) is 11.7. The minimum Gasteiger partial charge on any atom is -0.462 e. The first kappa shape index (κ1) is 25.8. The molecular weight excluding hydrogens is 456 g/mol. The molecule has 2 N–H and O–H groups in total. The van der Waals surface area contributed by atoms with E-state index in [1.807, 2.05) is 0 Å². The van der Waals surface area contributed by atoms with Gasteiger partial charge in [-0.2, -0.15) is 0 Å². The third-order valence-electron chi connectivity index (χ3n) is 9.39. The molecule has 0 heterocycles. The van der Waals surface area contributed by atoms with Gasteiger partial charge in [-0.3, -0.25) is 19.2 Å². The lowest BCUT2D eigenvalue weighted by Gasteiger charge is -2.67. The Morgan fingerprint density at radius 1 is 0.886 bits per heavy atom. The van der Waals surface area contributed by atoms with Gasteiger partial charge in [0, 0.05) is 49.9 Å². The van der Waals surface area contributed by atoms with Gasteiger partial charge in [-0.05, 0) is 24.3 Å². The lowest BCUT2D eigenvalue weighted by molar-refractivity contribution is -0.275. The fourth-order valence-corrected chi connectivity index (χ4v) is 8.34. The first-order valence-electron chi connectivity index (χ1n) is 12.2. The van der Waals surface area contributed by atoms with Crippen molar-refractivity contribution in [2.75, 3.05) is 0 Å². The summed E-state index contributed by atoms with van der Waals surface area (Å²) in [4.78, 5) is 51.1. The molecule has 9 heteroatoms. The highest BCUT2D eigenvalue weighted by atomic mass is 16.6. The van der Waals surface area contributed by atoms with Crippen molar-refractivity contribution in [2.24, 2.45) is 34.0 Å². The van der Waals surface area contributed by atoms with Gasteiger partial charge in [0.15, 0.2) is 11.9 Å². The molecule has 0 aromatic rings. The first-order chi connectivity index (χ1) is 16.1. The summed E-state index contributed by atoms with van der Waals surface area (Å²) in [5.74, 6) is -4.10. The molecule has 0 aromatic carbocycles. The van der Waals surface area contributed by atoms with E-state index < -0.39 is 82.3 Å². The van der Waals surface area contributed by atoms with Gasteiger partial charge in [-0.25, -0.2) is 0 Å². The van der Waals surface area contributed by atoms with Gasteiger partial charge in [0.25, 0.3) is 0 Å². The topological polar surface area (TPSA) is 136 Å². The molecule has 0 amide bonds. The van der Waals surface area contributed by atoms with Crippen molar-refractivity contribution >= 4 is 23.7 Å². The molecule has 4 rings (SSSR count). The largest absolute Gasteiger partial charge is 0.462 e. The average molecular weight is 493 g/mol. The number of carbonyl (C=O) groups is 4. The number of ether oxygens (including phenoxy) is 3. The van der Waals surface area contributed by atoms with Crippen LogP contribution < -0.4 is 0 Å². The summed E-state index contributed by atoms with van der Waals surface area (Å²) in [5.41, 5.74) is -2.85. The van der Waals surface area contributed by atoms with Gasteiger partial charge < -0.3 is 24.4 Å². The zero-order valence-electron chi connectivity index (χ0n) is 21.2. The lowest BCUT2D eigenvalue weighted by Crippen LogP contribution is -2.76. The van der Waals surface area contributed by atoms with Gasteiger partial charge >= 0.3 is 17.9 Å². The highest BCUT2D eigenvalue weighted by Gasteiger charge is 2.79. The highest BCUT2D eigenvalue weighted by Crippen LogP contribution is 2.72. The van der Waals surface area contributed by atoms with Crippen LogP contribution in [0.3, 0.4) is 0 Å². The minimum atomic E-state index is -1.33. The van der Waals surface area contributed by atoms with Crippen LogP contribution in [0, 0.1) is 34.0 Å². The summed E-state index contributed by atoms with van der Waals surface area (Å²) in [6, 6.07) is 0. The first-order valence-corrected chi connectivity index (χ1v) is 12.2. The van der Waals surface area contributed by atoms with E-state index in [-0.39, 0.29) is 12.3 Å². The van der Waals surface area contributed by atoms with Crippen LogP contribution in [0.5, 0.6) is 0 Å². The standard InChI is InChI=1S/C26H36O9/c1-11-15-8-16(33-12(2)27)20-25(7)18(31)9-17(30)24(5,6)21(25)19(32)23(35-14(4)29)26(20,10-15)22(11)34-13(3)28/h15-18,20-23,30-31H,1,8-10H2,2-7H3. The number of fused-ring (bicyclic) bond motifs is 3. The lowest BCUT2D eigenvalue weighted by atomic mass is 9.38. The van der Waals surface area contributed by atoms with E-state index in [1.54, 1.807) is 20.8 Å². The van der Waals surface area contributed by atoms with E-state index >= 15 is 0 Å². The Hall–Kier alpha value is -2.26. The Morgan fingerprint density at radius 2 is 1.43 bits per heavy atom. The molecule has 194 valence electrons. The van der Waals surface area contributed by atoms with E-state index in [2.05, 4.69) is 6.58 Å². The normalized spacial score (nSPS) is 45.7. The van der Waals surface area contributed by atoms with Crippen molar-refractivity contribution in [1.29, 1.82) is 0 Å². The molecule has 4 aliphatic rings. The Bertz CT molecular complexity index is 985. The molecule has 9 nitrogen and oxygen atoms in total. The number of hydrogen-bond acceptors (Lipinski definition) is 9. The number of ketones is 1. The predicted molar refractivity (Wildman–Crippen MR) is 121 cm³/mol. The smallest absolute Gasteiger partial charge is 0.303 e. The maximum absolute atomic E-state index is 14.3. The van der Waals surface area contributed by atoms with Crippen molar-refractivity contribution < 1.29 is 43.6 Å². The van der Waals surface area contributed by atoms with E-state index in [4.69, 9.17) is 14.2 Å². The molecule has 35 heavy (non-hydrogen) atoms. The minimum absolute atomic E-state index is 0.0213. The number of hydrogen-bond donors (Lipinski definition) is 2. The number of esters is 3. The van der Waals surface area contributed by atoms with E-state index in [0.29, 0.717) is 18.4 Å². The molecule has 10 atom stereocenters. The number of aliphatic hydroxyl groups excluding tert-OH is 2. The van der Waals surface area contributed by atoms with Crippen LogP contribution in [0.1, 0.15) is 60.8 Å². The van der Waals surface area contributed by atoms with E-state index in [1.165, 1.54) is 20.8 Å². The molecule has 0 aliphatic heterocycles. The van der Waals surface area contributed by atoms with Gasteiger partial charge in [0.2, 0.25) is 0 Å². The van der Waals surface area contributed by atoms with Gasteiger partial charge in [0.1, 0.15) is 12.2 Å². The Morgan fingerprint density at radius 3 is 1.97 bits per heavy atom. The van der Waals surface area contributed by atoms with Crippen LogP contribution >= 0.6 is 0 Å². The summed E-state index contributed by atoms with van der Waals surface area (Å²) in [6.07, 6.45) is -4.43. The summed E-state index contributed by atoms with van der Waals surface area (Å²) >= 11 is 0. The molecule has 0 radical (unpaired) electrons. The van der Waals surface area contributed by atoms with Gasteiger partial charge in [-0.15, -0.1) is 0 Å². The highest BCUT2D eigenvalue weighted by molar-refractivity contribution is 5.91. The summed E-state index contributed by atoms with van der Waals surface area (Å²) < 4.78 is 17.4. The summed E-state index contributed by atoms with van der Waals surface area (Å²) in [7, 11) is 0. The monoisotopic (exact) mass is 492 g/mol. The molecule has 1 spiro atoms. The average Bonchev–Trinajstić information content (AvgIpc) is 2.91. The maximum Gasteiger partial charge on any atom is 0.303 e. The number of aliphatic hydroxyl groups is 2. The van der Waals surface area contributed by atoms with Crippen molar-refractivity contribution in [2.45, 2.75) is 91.3 Å². The van der Waals surface area contributed by atoms with Crippen molar-refractivity contribution in [1.82, 2.24) is 0 Å². The molecule has 10 unspecified atom stereocenters. The summed E-state index contributed by atoms with van der Waals surface area (Å²) in [6.45, 7) is 13.3. The van der Waals surface area contributed by atoms with Crippen LogP contribution in [-0.4, -0.2) is 64.4 Å². The molecule has 2 bridgehead atoms. The van der Waals surface area contributed by atoms with Crippen molar-refractivity contribution in [3.63, 3.8) is 0 Å². The van der Waals surface area contributed by atoms with Crippen LogP contribution in [0.25, 0.3) is 0 Å². The Balaban J connectivity index is 2.04. The third kappa shape index (κ3) is 3.41. The van der Waals surface area contributed by atoms with Gasteiger partial charge in [-0.1, -0.05) is 27.4 Å².